The van der Waals surface area contributed by atoms with Gasteiger partial charge in [-0.25, -0.2) is 0 Å². The van der Waals surface area contributed by atoms with Crippen LogP contribution in [0.3, 0.4) is 0 Å². The second kappa shape index (κ2) is 50.7. The normalized spacial score (nSPS) is 15.6. The molecule has 5 heterocycles. The summed E-state index contributed by atoms with van der Waals surface area (Å²) in [5, 5.41) is 19.9. The number of methoxy groups -OCH3 is 1. The first-order valence-electron chi connectivity index (χ1n) is 48.3. The fourth-order valence-electron chi connectivity index (χ4n) is 17.8. The van der Waals surface area contributed by atoms with Crippen LogP contribution in [0.25, 0.3) is 99.0 Å². The van der Waals surface area contributed by atoms with Gasteiger partial charge in [0.15, 0.2) is 0 Å². The molecule has 26 N–H and O–H groups in total. The van der Waals surface area contributed by atoms with Crippen LogP contribution in [-0.4, -0.2) is 144 Å². The Morgan fingerprint density at radius 3 is 1.12 bits per heavy atom. The monoisotopic (exact) mass is 1860 g/mol. The number of hydrogen-bond acceptors (Lipinski definition) is 14. The number of hydrogen-bond donors (Lipinski definition) is 18. The Bertz CT molecular complexity index is 6440. The van der Waals surface area contributed by atoms with Gasteiger partial charge in [0.1, 0.15) is 34.2 Å². The van der Waals surface area contributed by atoms with Crippen molar-refractivity contribution in [2.75, 3.05) is 59.5 Å². The highest BCUT2D eigenvalue weighted by Crippen LogP contribution is 2.41. The fourth-order valence-corrected chi connectivity index (χ4v) is 17.8. The molecular formula is C114H144N18O6. The summed E-state index contributed by atoms with van der Waals surface area (Å²) >= 11 is 0. The topological polar surface area (TPSA) is 442 Å². The fraction of sp³-hybridized carbons (Fsp3) is 0.342. The number of H-pyrrole nitrogens is 5. The zero-order valence-electron chi connectivity index (χ0n) is 79.0. The van der Waals surface area contributed by atoms with Crippen LogP contribution in [0.15, 0.2) is 243 Å². The van der Waals surface area contributed by atoms with Crippen molar-refractivity contribution < 1.29 is 28.7 Å². The van der Waals surface area contributed by atoms with Gasteiger partial charge in [0.2, 0.25) is 0 Å². The molecule has 726 valence electrons. The lowest BCUT2D eigenvalue weighted by atomic mass is 9.86. The molecule has 138 heavy (non-hydrogen) atoms. The van der Waals surface area contributed by atoms with E-state index < -0.39 is 0 Å². The third-order valence-electron chi connectivity index (χ3n) is 26.1. The summed E-state index contributed by atoms with van der Waals surface area (Å²) in [4.78, 5) is 78.6. The predicted molar refractivity (Wildman–Crippen MR) is 569 cm³/mol. The van der Waals surface area contributed by atoms with Crippen molar-refractivity contribution >= 4 is 84.1 Å². The van der Waals surface area contributed by atoms with Crippen molar-refractivity contribution in [1.82, 2.24) is 51.5 Å². The summed E-state index contributed by atoms with van der Waals surface area (Å²) in [5.41, 5.74) is 70.8. The first kappa shape index (κ1) is 104. The number of aromatic nitrogens is 5. The quantitative estimate of drug-likeness (QED) is 0.0186. The summed E-state index contributed by atoms with van der Waals surface area (Å²) in [6.45, 7) is 10.8. The molecule has 0 radical (unpaired) electrons. The molecule has 24 heteroatoms. The largest absolute Gasteiger partial charge is 0.496 e. The Kier molecular flexibility index (Phi) is 38.1. The van der Waals surface area contributed by atoms with Gasteiger partial charge in [-0.2, -0.15) is 0 Å². The van der Waals surface area contributed by atoms with E-state index in [2.05, 4.69) is 248 Å². The lowest BCUT2D eigenvalue weighted by Crippen LogP contribution is -2.37. The number of benzene rings is 10. The number of nitrogens with two attached hydrogens (primary N) is 8. The molecule has 0 aliphatic heterocycles. The van der Waals surface area contributed by atoms with E-state index >= 15 is 0 Å². The lowest BCUT2D eigenvalue weighted by molar-refractivity contribution is 0.0931. The third kappa shape index (κ3) is 29.4. The number of fused-ring (bicyclic) bond motifs is 5. The van der Waals surface area contributed by atoms with Gasteiger partial charge in [0, 0.05) is 112 Å². The predicted octanol–water partition coefficient (Wildman–Crippen LogP) is 19.1. The van der Waals surface area contributed by atoms with Crippen molar-refractivity contribution in [3.63, 3.8) is 0 Å². The van der Waals surface area contributed by atoms with Crippen molar-refractivity contribution in [1.29, 1.82) is 0 Å². The summed E-state index contributed by atoms with van der Waals surface area (Å²) in [5.74, 6) is 2.02. The number of rotatable bonds is 32. The van der Waals surface area contributed by atoms with Crippen LogP contribution >= 0.6 is 0 Å². The van der Waals surface area contributed by atoms with Crippen molar-refractivity contribution in [2.45, 2.75) is 181 Å². The van der Waals surface area contributed by atoms with Gasteiger partial charge in [0.25, 0.3) is 29.5 Å². The Hall–Kier alpha value is -13.3. The number of aryl methyl sites for hydroxylation is 3. The first-order valence-corrected chi connectivity index (χ1v) is 48.3. The molecule has 10 aromatic carbocycles. The number of carbonyl (C=O) groups excluding carboxylic acids is 5. The molecule has 24 nitrogen and oxygen atoms in total. The first-order chi connectivity index (χ1) is 66.0. The minimum absolute atomic E-state index is 0. The van der Waals surface area contributed by atoms with E-state index in [-0.39, 0.29) is 68.6 Å². The van der Waals surface area contributed by atoms with Crippen LogP contribution in [0.1, 0.15) is 209 Å². The van der Waals surface area contributed by atoms with Crippen LogP contribution in [-0.2, 0) is 6.42 Å². The molecule has 18 rings (SSSR count). The molecule has 3 aliphatic rings. The van der Waals surface area contributed by atoms with E-state index in [4.69, 9.17) is 50.6 Å². The number of ether oxygens (including phenoxy) is 1. The maximum Gasteiger partial charge on any atom is 0.267 e. The maximum atomic E-state index is 12.6. The molecule has 3 fully saturated rings. The molecule has 2 unspecified atom stereocenters. The van der Waals surface area contributed by atoms with Gasteiger partial charge in [-0.3, -0.25) is 24.0 Å². The minimum Gasteiger partial charge on any atom is -0.496 e. The molecule has 5 atom stereocenters. The second-order valence-corrected chi connectivity index (χ2v) is 37.2. The SMILES string of the molecule is C.C.COc1cc(-c2ccc(C)cc2)cc2[nH]c(C(=O)NC[C@H](N)CCCN)cc12.Cc1ccc(-c2ccc3cc(C(=O)NCC4CCC(N)CC4)[nH]c3c2)cc1.Cc1ccc(-c2ccc3cc(C(=O)NCC4CCCC(N)C4)[nH]c3c2)cc1.NCCC[C@@H](N)CNC(=O)c1cc2ccc(-c3ccc(C4CC4)cc3)cc2[nH]1.NCCC[C@@H](N)CNC(=O)c1cc2ccc(Cc3ccccc3)cc2[nH]1. The summed E-state index contributed by atoms with van der Waals surface area (Å²) < 4.78 is 5.57. The van der Waals surface area contributed by atoms with E-state index in [9.17, 15) is 24.0 Å². The van der Waals surface area contributed by atoms with Gasteiger partial charge in [-0.1, -0.05) is 214 Å². The molecule has 0 spiro atoms. The van der Waals surface area contributed by atoms with Crippen LogP contribution in [0.4, 0.5) is 0 Å². The van der Waals surface area contributed by atoms with Crippen LogP contribution in [0.2, 0.25) is 0 Å². The van der Waals surface area contributed by atoms with Gasteiger partial charge in [0.05, 0.1) is 12.6 Å². The van der Waals surface area contributed by atoms with E-state index in [0.29, 0.717) is 92.2 Å². The Morgan fingerprint density at radius 1 is 0.355 bits per heavy atom. The van der Waals surface area contributed by atoms with Gasteiger partial charge in [-0.05, 0) is 289 Å². The maximum absolute atomic E-state index is 12.6. The molecule has 15 aromatic rings. The molecule has 0 bridgehead atoms. The number of carbonyl (C=O) groups is 5. The van der Waals surface area contributed by atoms with Gasteiger partial charge < -0.3 is 102 Å². The van der Waals surface area contributed by atoms with Crippen LogP contribution in [0.5, 0.6) is 5.75 Å². The zero-order valence-corrected chi connectivity index (χ0v) is 79.0. The van der Waals surface area contributed by atoms with Crippen LogP contribution < -0.4 is 77.2 Å². The highest BCUT2D eigenvalue weighted by atomic mass is 16.5. The molecular weight excluding hydrogens is 1720 g/mol. The van der Waals surface area contributed by atoms with Gasteiger partial charge >= 0.3 is 0 Å². The van der Waals surface area contributed by atoms with E-state index in [1.165, 1.54) is 62.9 Å². The third-order valence-corrected chi connectivity index (χ3v) is 26.1. The van der Waals surface area contributed by atoms with Gasteiger partial charge in [-0.15, -0.1) is 0 Å². The molecule has 5 aromatic heterocycles. The van der Waals surface area contributed by atoms with E-state index in [1.807, 2.05) is 66.7 Å². The number of amides is 5. The standard InChI is InChI=1S/C23H28N4O.2C23H27N3O.C22H28N4O2.C21H26N4O.2CH4/c24-11-1-2-20(25)14-26-23(28)22-13-19-10-9-18(12-21(19)27-22)17-7-5-16(6-8-17)15-3-4-15;1-15-2-6-17(7-3-15)18-8-9-19-13-22(26-21(19)12-18)23(27)25-14-16-4-10-20(24)11-5-16;1-15-5-7-17(8-6-15)18-9-10-19-13-22(26-21(19)12-18)23(27)25-14-16-3-2-4-20(24)11-16;1-14-5-7-15(8-6-14)16-10-19-18(21(11-16)28-2)12-20(26-19)22(27)25-13-17(24)4-3-9-23;22-10-4-7-18(23)14-24-21(26)20-13-17-9-8-16(12-19(17)25-20)11-15-5-2-1-3-6-15;;/h5-10,12-13,15,20,27H,1-4,11,14,24-25H2,(H,26,28);2-3,6-9,12-13,16,20,26H,4-5,10-11,14,24H2,1H3,(H,25,27);5-10,12-13,16,20,26H,2-4,11,14,24H2,1H3,(H,25,27);5-8,10-12,17,26H,3-4,9,13,23-24H2,1-2H3,(H,25,27);1-3,5-6,8-9,12-13,18,25H,4,7,10-11,14,22-23H2,(H,24,26);2*1H4/t20-;;;17-;18-;;/m1..11../s1. The zero-order chi connectivity index (χ0) is 95.6. The molecule has 3 saturated carbocycles. The molecule has 5 amide bonds. The van der Waals surface area contributed by atoms with Crippen molar-refractivity contribution in [3.8, 4) is 50.3 Å². The average Bonchev–Trinajstić information content (AvgIpc) is 1.67. The summed E-state index contributed by atoms with van der Waals surface area (Å²) in [6, 6.07) is 83.4. The number of nitrogens with one attached hydrogen (secondary N) is 10. The lowest BCUT2D eigenvalue weighted by Gasteiger charge is -2.26. The van der Waals surface area contributed by atoms with E-state index in [1.54, 1.807) is 7.11 Å². The Labute approximate surface area is 812 Å². The van der Waals surface area contributed by atoms with E-state index in [0.717, 1.165) is 197 Å². The summed E-state index contributed by atoms with van der Waals surface area (Å²) in [6.07, 6.45) is 17.3. The number of aromatic amines is 5. The average molecular weight is 1860 g/mol. The smallest absolute Gasteiger partial charge is 0.267 e. The molecule has 3 aliphatic carbocycles. The minimum atomic E-state index is -0.182. The highest BCUT2D eigenvalue weighted by Gasteiger charge is 2.26. The second-order valence-electron chi connectivity index (χ2n) is 37.2. The van der Waals surface area contributed by atoms with Crippen molar-refractivity contribution in [3.05, 3.63) is 305 Å². The van der Waals surface area contributed by atoms with Crippen LogP contribution in [0, 0.1) is 32.6 Å². The highest BCUT2D eigenvalue weighted by molar-refractivity contribution is 6.03. The van der Waals surface area contributed by atoms with Crippen molar-refractivity contribution in [2.24, 2.45) is 57.7 Å². The molecule has 0 saturated heterocycles. The Balaban J connectivity index is 0.000000154. The Morgan fingerprint density at radius 2 is 0.717 bits per heavy atom. The summed E-state index contributed by atoms with van der Waals surface area (Å²) in [7, 11) is 1.64.